The molecule has 7 heteroatoms. The van der Waals surface area contributed by atoms with Gasteiger partial charge in [0, 0.05) is 24.7 Å². The van der Waals surface area contributed by atoms with Gasteiger partial charge in [0.25, 0.3) is 0 Å². The molecular formula is C17H25ClN2O3S. The second-order valence-electron chi connectivity index (χ2n) is 6.09. The number of sulfonamides is 1. The van der Waals surface area contributed by atoms with E-state index >= 15 is 0 Å². The topological polar surface area (TPSA) is 57.7 Å². The Bertz CT molecular complexity index is 638. The first kappa shape index (κ1) is 19.2. The van der Waals surface area contributed by atoms with Crippen molar-refractivity contribution in [3.63, 3.8) is 0 Å². The van der Waals surface area contributed by atoms with Gasteiger partial charge in [-0.2, -0.15) is 4.31 Å². The fraction of sp³-hybridized carbons (Fsp3) is 0.588. The van der Waals surface area contributed by atoms with Crippen LogP contribution in [0, 0.1) is 0 Å². The highest BCUT2D eigenvalue weighted by Gasteiger charge is 2.28. The summed E-state index contributed by atoms with van der Waals surface area (Å²) < 4.78 is 26.9. The van der Waals surface area contributed by atoms with Crippen LogP contribution in [0.4, 0.5) is 0 Å². The number of carbonyl (C=O) groups is 1. The van der Waals surface area contributed by atoms with Gasteiger partial charge in [0.05, 0.1) is 11.4 Å². The van der Waals surface area contributed by atoms with Gasteiger partial charge in [-0.05, 0) is 43.5 Å². The van der Waals surface area contributed by atoms with Crippen molar-refractivity contribution < 1.29 is 13.2 Å². The average Bonchev–Trinajstić information content (AvgIpc) is 2.84. The SMILES string of the molecule is CCCN(CC(=O)N1CCCCCC1)S(=O)(=O)c1ccc(Cl)cc1. The second-order valence-corrected chi connectivity index (χ2v) is 8.46. The summed E-state index contributed by atoms with van der Waals surface area (Å²) in [4.78, 5) is 14.5. The summed E-state index contributed by atoms with van der Waals surface area (Å²) in [5, 5.41) is 0.483. The van der Waals surface area contributed by atoms with Crippen molar-refractivity contribution in [1.82, 2.24) is 9.21 Å². The van der Waals surface area contributed by atoms with Crippen LogP contribution in [0.1, 0.15) is 39.0 Å². The molecule has 2 rings (SSSR count). The number of benzene rings is 1. The Morgan fingerprint density at radius 2 is 1.71 bits per heavy atom. The molecule has 1 saturated heterocycles. The van der Waals surface area contributed by atoms with Gasteiger partial charge in [0.15, 0.2) is 0 Å². The molecule has 5 nitrogen and oxygen atoms in total. The van der Waals surface area contributed by atoms with Crippen molar-refractivity contribution in [2.45, 2.75) is 43.9 Å². The summed E-state index contributed by atoms with van der Waals surface area (Å²) in [7, 11) is -3.70. The fourth-order valence-electron chi connectivity index (χ4n) is 2.86. The predicted molar refractivity (Wildman–Crippen MR) is 95.5 cm³/mol. The number of carbonyl (C=O) groups excluding carboxylic acids is 1. The van der Waals surface area contributed by atoms with E-state index in [1.54, 1.807) is 17.0 Å². The van der Waals surface area contributed by atoms with Gasteiger partial charge >= 0.3 is 0 Å². The first-order valence-corrected chi connectivity index (χ1v) is 10.3. The summed E-state index contributed by atoms with van der Waals surface area (Å²) in [6.07, 6.45) is 4.89. The van der Waals surface area contributed by atoms with Crippen molar-refractivity contribution in [3.8, 4) is 0 Å². The van der Waals surface area contributed by atoms with Crippen LogP contribution in [0.5, 0.6) is 0 Å². The molecule has 134 valence electrons. The number of amides is 1. The summed E-state index contributed by atoms with van der Waals surface area (Å²) in [6, 6.07) is 6.07. The number of hydrogen-bond donors (Lipinski definition) is 0. The molecule has 0 aromatic heterocycles. The zero-order valence-corrected chi connectivity index (χ0v) is 15.7. The maximum Gasteiger partial charge on any atom is 0.243 e. The Balaban J connectivity index is 2.15. The standard InChI is InChI=1S/C17H25ClN2O3S/c1-2-11-20(14-17(21)19-12-5-3-4-6-13-19)24(22,23)16-9-7-15(18)8-10-16/h7-10H,2-6,11-14H2,1H3. The molecule has 0 unspecified atom stereocenters. The quantitative estimate of drug-likeness (QED) is 0.770. The van der Waals surface area contributed by atoms with Gasteiger partial charge in [0.1, 0.15) is 0 Å². The Kier molecular flexibility index (Phi) is 7.07. The molecule has 1 aliphatic rings. The first-order valence-electron chi connectivity index (χ1n) is 8.48. The molecule has 0 spiro atoms. The van der Waals surface area contributed by atoms with Gasteiger partial charge in [-0.25, -0.2) is 8.42 Å². The summed E-state index contributed by atoms with van der Waals surface area (Å²) in [6.45, 7) is 3.57. The minimum atomic E-state index is -3.70. The minimum absolute atomic E-state index is 0.0984. The lowest BCUT2D eigenvalue weighted by Crippen LogP contribution is -2.43. The molecule has 1 fully saturated rings. The van der Waals surface area contributed by atoms with Crippen molar-refractivity contribution in [3.05, 3.63) is 29.3 Å². The van der Waals surface area contributed by atoms with Crippen LogP contribution in [0.3, 0.4) is 0 Å². The van der Waals surface area contributed by atoms with Crippen LogP contribution in [0.2, 0.25) is 5.02 Å². The molecule has 1 heterocycles. The third-order valence-corrected chi connectivity index (χ3v) is 6.31. The van der Waals surface area contributed by atoms with Crippen LogP contribution >= 0.6 is 11.6 Å². The average molecular weight is 373 g/mol. The zero-order valence-electron chi connectivity index (χ0n) is 14.1. The van der Waals surface area contributed by atoms with Gasteiger partial charge in [-0.15, -0.1) is 0 Å². The smallest absolute Gasteiger partial charge is 0.243 e. The van der Waals surface area contributed by atoms with E-state index in [1.807, 2.05) is 6.92 Å². The van der Waals surface area contributed by atoms with Gasteiger partial charge in [0.2, 0.25) is 15.9 Å². The zero-order chi connectivity index (χ0) is 17.6. The molecule has 0 aliphatic carbocycles. The van der Waals surface area contributed by atoms with Crippen LogP contribution in [0.25, 0.3) is 0 Å². The van der Waals surface area contributed by atoms with Crippen molar-refractivity contribution in [1.29, 1.82) is 0 Å². The van der Waals surface area contributed by atoms with Crippen molar-refractivity contribution in [2.75, 3.05) is 26.2 Å². The molecule has 1 aromatic rings. The Morgan fingerprint density at radius 3 is 2.25 bits per heavy atom. The predicted octanol–water partition coefficient (Wildman–Crippen LogP) is 3.14. The summed E-state index contributed by atoms with van der Waals surface area (Å²) in [5.41, 5.74) is 0. The molecule has 1 aromatic carbocycles. The number of nitrogens with zero attached hydrogens (tertiary/aromatic N) is 2. The minimum Gasteiger partial charge on any atom is -0.342 e. The van der Waals surface area contributed by atoms with E-state index < -0.39 is 10.0 Å². The number of hydrogen-bond acceptors (Lipinski definition) is 3. The maximum atomic E-state index is 12.8. The third kappa shape index (κ3) is 4.94. The third-order valence-electron chi connectivity index (χ3n) is 4.19. The highest BCUT2D eigenvalue weighted by atomic mass is 35.5. The van der Waals surface area contributed by atoms with E-state index in [4.69, 9.17) is 11.6 Å². The van der Waals surface area contributed by atoms with Crippen molar-refractivity contribution in [2.24, 2.45) is 0 Å². The van der Waals surface area contributed by atoms with E-state index in [0.717, 1.165) is 38.8 Å². The highest BCUT2D eigenvalue weighted by molar-refractivity contribution is 7.89. The molecule has 0 atom stereocenters. The molecule has 0 saturated carbocycles. The summed E-state index contributed by atoms with van der Waals surface area (Å²) >= 11 is 5.83. The first-order chi connectivity index (χ1) is 11.4. The van der Waals surface area contributed by atoms with E-state index in [1.165, 1.54) is 16.4 Å². The highest BCUT2D eigenvalue weighted by Crippen LogP contribution is 2.19. The molecule has 0 radical (unpaired) electrons. The van der Waals surface area contributed by atoms with Crippen molar-refractivity contribution >= 4 is 27.5 Å². The fourth-order valence-corrected chi connectivity index (χ4v) is 4.47. The van der Waals surface area contributed by atoms with E-state index in [9.17, 15) is 13.2 Å². The number of likely N-dealkylation sites (tertiary alicyclic amines) is 1. The normalized spacial score (nSPS) is 16.2. The van der Waals surface area contributed by atoms with Crippen LogP contribution in [-0.4, -0.2) is 49.7 Å². The van der Waals surface area contributed by atoms with Crippen LogP contribution < -0.4 is 0 Å². The van der Waals surface area contributed by atoms with Crippen LogP contribution in [0.15, 0.2) is 29.2 Å². The van der Waals surface area contributed by atoms with Gasteiger partial charge in [-0.3, -0.25) is 4.79 Å². The largest absolute Gasteiger partial charge is 0.342 e. The molecular weight excluding hydrogens is 348 g/mol. The van der Waals surface area contributed by atoms with Gasteiger partial charge < -0.3 is 4.90 Å². The molecule has 1 aliphatic heterocycles. The van der Waals surface area contributed by atoms with Gasteiger partial charge in [-0.1, -0.05) is 31.4 Å². The van der Waals surface area contributed by atoms with E-state index in [2.05, 4.69) is 0 Å². The molecule has 0 N–H and O–H groups in total. The Hall–Kier alpha value is -1.11. The number of halogens is 1. The van der Waals surface area contributed by atoms with E-state index in [0.29, 0.717) is 18.0 Å². The maximum absolute atomic E-state index is 12.8. The Labute approximate surface area is 149 Å². The molecule has 1 amide bonds. The monoisotopic (exact) mass is 372 g/mol. The lowest BCUT2D eigenvalue weighted by molar-refractivity contribution is -0.131. The molecule has 0 bridgehead atoms. The lowest BCUT2D eigenvalue weighted by Gasteiger charge is -2.26. The van der Waals surface area contributed by atoms with Crippen LogP contribution in [-0.2, 0) is 14.8 Å². The van der Waals surface area contributed by atoms with E-state index in [-0.39, 0.29) is 17.3 Å². The lowest BCUT2D eigenvalue weighted by atomic mass is 10.2. The molecule has 24 heavy (non-hydrogen) atoms. The Morgan fingerprint density at radius 1 is 1.12 bits per heavy atom. The number of rotatable bonds is 6. The summed E-state index contributed by atoms with van der Waals surface area (Å²) in [5.74, 6) is -0.108. The second kappa shape index (κ2) is 8.83.